The van der Waals surface area contributed by atoms with Crippen molar-refractivity contribution < 1.29 is 39.7 Å². The van der Waals surface area contributed by atoms with E-state index in [1.807, 2.05) is 52.0 Å². The van der Waals surface area contributed by atoms with E-state index in [1.54, 1.807) is 0 Å². The predicted octanol–water partition coefficient (Wildman–Crippen LogP) is 0.432. The van der Waals surface area contributed by atoms with E-state index in [0.717, 1.165) is 35.5 Å². The van der Waals surface area contributed by atoms with Crippen LogP contribution in [0.2, 0.25) is 0 Å². The van der Waals surface area contributed by atoms with Gasteiger partial charge in [-0.05, 0) is 50.4 Å². The molecule has 37 heavy (non-hydrogen) atoms. The molecule has 0 bridgehead atoms. The molecule has 0 radical (unpaired) electrons. The quantitative estimate of drug-likeness (QED) is 0.183. The van der Waals surface area contributed by atoms with E-state index in [0.29, 0.717) is 13.0 Å². The topological polar surface area (TPSA) is 170 Å². The molecular formula is C26H41N3O8. The molecule has 1 saturated heterocycles. The smallest absolute Gasteiger partial charge is 0.238 e. The average molecular weight is 524 g/mol. The number of aromatic nitrogens is 2. The van der Waals surface area contributed by atoms with Crippen LogP contribution in [0.3, 0.4) is 0 Å². The molecule has 11 nitrogen and oxygen atoms in total. The van der Waals surface area contributed by atoms with Crippen LogP contribution in [0, 0.1) is 0 Å². The number of benzene rings is 1. The molecule has 1 aliphatic heterocycles. The average Bonchev–Trinajstić information content (AvgIpc) is 3.27. The Morgan fingerprint density at radius 2 is 1.78 bits per heavy atom. The van der Waals surface area contributed by atoms with Crippen molar-refractivity contribution in [2.45, 2.75) is 82.7 Å². The highest BCUT2D eigenvalue weighted by molar-refractivity contribution is 5.39. The number of hydrogen-bond donors (Lipinski definition) is 7. The van der Waals surface area contributed by atoms with E-state index in [1.165, 1.54) is 0 Å². The number of nitrogens with zero attached hydrogens (tertiary/aromatic N) is 1. The molecule has 208 valence electrons. The van der Waals surface area contributed by atoms with E-state index >= 15 is 0 Å². The largest absolute Gasteiger partial charge is 0.494 e. The molecule has 0 unspecified atom stereocenters. The Kier molecular flexibility index (Phi) is 10.3. The number of aromatic amines is 1. The monoisotopic (exact) mass is 523 g/mol. The molecule has 11 heteroatoms. The summed E-state index contributed by atoms with van der Waals surface area (Å²) >= 11 is 0. The Labute approximate surface area is 217 Å². The van der Waals surface area contributed by atoms with E-state index < -0.39 is 37.3 Å². The van der Waals surface area contributed by atoms with Gasteiger partial charge in [0, 0.05) is 23.2 Å². The second kappa shape index (κ2) is 13.0. The van der Waals surface area contributed by atoms with Gasteiger partial charge in [0.15, 0.2) is 0 Å². The number of aliphatic hydroxyl groups excluding tert-OH is 5. The fraction of sp³-hybridized carbons (Fsp3) is 0.654. The van der Waals surface area contributed by atoms with Gasteiger partial charge in [0.2, 0.25) is 12.2 Å². The van der Waals surface area contributed by atoms with Gasteiger partial charge in [-0.15, -0.1) is 5.10 Å². The van der Waals surface area contributed by atoms with Gasteiger partial charge in [-0.2, -0.15) is 0 Å². The zero-order valence-corrected chi connectivity index (χ0v) is 21.9. The summed E-state index contributed by atoms with van der Waals surface area (Å²) < 4.78 is 17.2. The van der Waals surface area contributed by atoms with Gasteiger partial charge in [0.1, 0.15) is 30.2 Å². The second-order valence-electron chi connectivity index (χ2n) is 10.4. The van der Waals surface area contributed by atoms with Crippen molar-refractivity contribution in [1.82, 2.24) is 15.5 Å². The normalized spacial score (nSPS) is 24.4. The van der Waals surface area contributed by atoms with Gasteiger partial charge in [-0.25, -0.2) is 0 Å². The Balaban J connectivity index is 1.64. The summed E-state index contributed by atoms with van der Waals surface area (Å²) in [4.78, 5) is 0. The lowest BCUT2D eigenvalue weighted by Gasteiger charge is -2.39. The van der Waals surface area contributed by atoms with Crippen LogP contribution in [0.1, 0.15) is 56.9 Å². The van der Waals surface area contributed by atoms with E-state index in [9.17, 15) is 25.5 Å². The van der Waals surface area contributed by atoms with Gasteiger partial charge in [-0.1, -0.05) is 26.0 Å². The lowest BCUT2D eigenvalue weighted by Crippen LogP contribution is -2.60. The Morgan fingerprint density at radius 3 is 2.41 bits per heavy atom. The number of rotatable bonds is 13. The fourth-order valence-corrected chi connectivity index (χ4v) is 4.03. The standard InChI is InChI=1S/C26H41N3O8/c1-15(2)20-18(24(29-28-20)37-25-23(34)22(33)21(32)19(13-30)36-25)12-16-6-8-17(9-7-16)35-11-5-10-27-26(3,4)14-31/h6-9,15,19,21-23,25,27,30-34H,5,10-14H2,1-4H3,(H,28,29)/t19-,21-,22+,23-,25+/m1/s1. The van der Waals surface area contributed by atoms with E-state index in [-0.39, 0.29) is 23.9 Å². The number of ether oxygens (including phenoxy) is 3. The first kappa shape index (κ1) is 29.3. The zero-order chi connectivity index (χ0) is 27.2. The maximum Gasteiger partial charge on any atom is 0.238 e. The minimum Gasteiger partial charge on any atom is -0.494 e. The van der Waals surface area contributed by atoms with Crippen LogP contribution in [-0.2, 0) is 11.2 Å². The third kappa shape index (κ3) is 7.64. The molecule has 1 aromatic carbocycles. The van der Waals surface area contributed by atoms with Crippen LogP contribution in [0.15, 0.2) is 24.3 Å². The maximum atomic E-state index is 10.4. The summed E-state index contributed by atoms with van der Waals surface area (Å²) in [6, 6.07) is 7.70. The zero-order valence-electron chi connectivity index (χ0n) is 21.9. The van der Waals surface area contributed by atoms with Gasteiger partial charge in [0.05, 0.1) is 19.8 Å². The van der Waals surface area contributed by atoms with Gasteiger partial charge in [-0.3, -0.25) is 5.10 Å². The molecule has 0 saturated carbocycles. The lowest BCUT2D eigenvalue weighted by molar-refractivity contribution is -0.278. The number of nitrogens with one attached hydrogen (secondary N) is 2. The van der Waals surface area contributed by atoms with Crippen molar-refractivity contribution in [1.29, 1.82) is 0 Å². The Hall–Kier alpha value is -2.25. The SMILES string of the molecule is CC(C)c1[nH]nc(O[C@@H]2O[C@H](CO)[C@@H](O)[C@H](O)[C@H]2O)c1Cc1ccc(OCCCNC(C)(C)CO)cc1. The van der Waals surface area contributed by atoms with Gasteiger partial charge < -0.3 is 45.1 Å². The highest BCUT2D eigenvalue weighted by Gasteiger charge is 2.45. The molecule has 2 heterocycles. The number of H-pyrrole nitrogens is 1. The van der Waals surface area contributed by atoms with Crippen LogP contribution >= 0.6 is 0 Å². The van der Waals surface area contributed by atoms with Crippen molar-refractivity contribution in [3.63, 3.8) is 0 Å². The first-order valence-corrected chi connectivity index (χ1v) is 12.7. The minimum absolute atomic E-state index is 0.0692. The first-order chi connectivity index (χ1) is 17.6. The molecule has 3 rings (SSSR count). The van der Waals surface area contributed by atoms with Crippen molar-refractivity contribution in [3.8, 4) is 11.6 Å². The van der Waals surface area contributed by atoms with Crippen LogP contribution in [-0.4, -0.2) is 98.3 Å². The molecule has 0 amide bonds. The van der Waals surface area contributed by atoms with Crippen molar-refractivity contribution in [2.24, 2.45) is 0 Å². The highest BCUT2D eigenvalue weighted by atomic mass is 16.7. The summed E-state index contributed by atoms with van der Waals surface area (Å²) in [5.41, 5.74) is 2.31. The third-order valence-corrected chi connectivity index (χ3v) is 6.41. The van der Waals surface area contributed by atoms with Gasteiger partial charge in [0.25, 0.3) is 0 Å². The molecule has 0 aliphatic carbocycles. The van der Waals surface area contributed by atoms with Crippen molar-refractivity contribution in [2.75, 3.05) is 26.4 Å². The molecule has 1 fully saturated rings. The lowest BCUT2D eigenvalue weighted by atomic mass is 9.98. The maximum absolute atomic E-state index is 10.4. The molecule has 1 aromatic heterocycles. The van der Waals surface area contributed by atoms with Crippen LogP contribution in [0.25, 0.3) is 0 Å². The molecule has 1 aliphatic rings. The third-order valence-electron chi connectivity index (χ3n) is 6.41. The minimum atomic E-state index is -1.53. The van der Waals surface area contributed by atoms with Crippen molar-refractivity contribution >= 4 is 0 Å². The highest BCUT2D eigenvalue weighted by Crippen LogP contribution is 2.31. The summed E-state index contributed by atoms with van der Waals surface area (Å²) in [5.74, 6) is 1.08. The first-order valence-electron chi connectivity index (χ1n) is 12.7. The fourth-order valence-electron chi connectivity index (χ4n) is 4.03. The molecule has 2 aromatic rings. The van der Waals surface area contributed by atoms with Crippen LogP contribution in [0.5, 0.6) is 11.6 Å². The molecule has 0 spiro atoms. The summed E-state index contributed by atoms with van der Waals surface area (Å²) in [6.45, 7) is 8.73. The second-order valence-corrected chi connectivity index (χ2v) is 10.4. The van der Waals surface area contributed by atoms with Gasteiger partial charge >= 0.3 is 0 Å². The van der Waals surface area contributed by atoms with Crippen molar-refractivity contribution in [3.05, 3.63) is 41.1 Å². The van der Waals surface area contributed by atoms with E-state index in [4.69, 9.17) is 14.2 Å². The Bertz CT molecular complexity index is 963. The predicted molar refractivity (Wildman–Crippen MR) is 136 cm³/mol. The van der Waals surface area contributed by atoms with E-state index in [2.05, 4.69) is 15.5 Å². The molecular weight excluding hydrogens is 482 g/mol. The molecule has 5 atom stereocenters. The Morgan fingerprint density at radius 1 is 1.08 bits per heavy atom. The number of aliphatic hydroxyl groups is 5. The van der Waals surface area contributed by atoms with Crippen LogP contribution < -0.4 is 14.8 Å². The summed E-state index contributed by atoms with van der Waals surface area (Å²) in [6.07, 6.45) is -5.62. The summed E-state index contributed by atoms with van der Waals surface area (Å²) in [7, 11) is 0. The number of hydrogen-bond acceptors (Lipinski definition) is 10. The molecule has 7 N–H and O–H groups in total. The summed E-state index contributed by atoms with van der Waals surface area (Å²) in [5, 5.41) is 59.7. The van der Waals surface area contributed by atoms with Crippen LogP contribution in [0.4, 0.5) is 0 Å².